The second-order valence-electron chi connectivity index (χ2n) is 5.53. The molecule has 0 spiro atoms. The average Bonchev–Trinajstić information content (AvgIpc) is 2.46. The summed E-state index contributed by atoms with van der Waals surface area (Å²) < 4.78 is 22.3. The van der Waals surface area contributed by atoms with Crippen molar-refractivity contribution in [3.63, 3.8) is 0 Å². The third kappa shape index (κ3) is 2.95. The Balaban J connectivity index is 2.10. The molecule has 114 valence electrons. The van der Waals surface area contributed by atoms with Crippen molar-refractivity contribution in [1.82, 2.24) is 0 Å². The van der Waals surface area contributed by atoms with Crippen LogP contribution in [0.2, 0.25) is 0 Å². The van der Waals surface area contributed by atoms with Gasteiger partial charge >= 0.3 is 0 Å². The zero-order valence-corrected chi connectivity index (χ0v) is 13.5. The molecular weight excluding hydrogens is 299 g/mol. The number of nitrogens with zero attached hydrogens (tertiary/aromatic N) is 1. The van der Waals surface area contributed by atoms with Crippen LogP contribution < -0.4 is 9.46 Å². The Morgan fingerprint density at radius 3 is 2.55 bits per heavy atom. The fourth-order valence-electron chi connectivity index (χ4n) is 2.43. The first-order valence-corrected chi connectivity index (χ1v) is 8.19. The van der Waals surface area contributed by atoms with Crippen molar-refractivity contribution in [1.29, 1.82) is 0 Å². The van der Waals surface area contributed by atoms with Crippen LogP contribution in [0.4, 0.5) is 10.1 Å². The highest BCUT2D eigenvalue weighted by Gasteiger charge is 2.28. The van der Waals surface area contributed by atoms with Crippen molar-refractivity contribution in [3.05, 3.63) is 59.4 Å². The molecule has 0 radical (unpaired) electrons. The number of ether oxygens (including phenoxy) is 1. The van der Waals surface area contributed by atoms with Gasteiger partial charge in [-0.1, -0.05) is 11.9 Å². The molecule has 5 heteroatoms. The summed E-state index contributed by atoms with van der Waals surface area (Å²) in [7, 11) is 0. The number of halogens is 1. The van der Waals surface area contributed by atoms with Gasteiger partial charge in [0.2, 0.25) is 0 Å². The number of hydrogen-bond donors (Lipinski definition) is 1. The molecule has 0 aliphatic carbocycles. The SMILES string of the molecule is CSNc1ccc2c(c1)OC(C)(C)N=C2c1ccc(F)cc1. The van der Waals surface area contributed by atoms with E-state index in [4.69, 9.17) is 4.74 Å². The highest BCUT2D eigenvalue weighted by molar-refractivity contribution is 7.99. The summed E-state index contributed by atoms with van der Waals surface area (Å²) in [5, 5.41) is 0. The summed E-state index contributed by atoms with van der Waals surface area (Å²) in [6, 6.07) is 12.3. The van der Waals surface area contributed by atoms with Gasteiger partial charge in [-0.05, 0) is 50.2 Å². The largest absolute Gasteiger partial charge is 0.466 e. The number of benzene rings is 2. The zero-order valence-electron chi connectivity index (χ0n) is 12.7. The molecule has 2 aromatic carbocycles. The van der Waals surface area contributed by atoms with E-state index < -0.39 is 5.72 Å². The van der Waals surface area contributed by atoms with Gasteiger partial charge in [-0.25, -0.2) is 9.38 Å². The predicted molar refractivity (Wildman–Crippen MR) is 90.3 cm³/mol. The van der Waals surface area contributed by atoms with Gasteiger partial charge in [0, 0.05) is 29.1 Å². The van der Waals surface area contributed by atoms with Crippen molar-refractivity contribution in [2.75, 3.05) is 11.0 Å². The highest BCUT2D eigenvalue weighted by atomic mass is 32.2. The first-order valence-electron chi connectivity index (χ1n) is 6.97. The normalized spacial score (nSPS) is 15.5. The Labute approximate surface area is 133 Å². The first-order chi connectivity index (χ1) is 10.5. The molecule has 1 heterocycles. The van der Waals surface area contributed by atoms with Gasteiger partial charge < -0.3 is 9.46 Å². The second-order valence-corrected chi connectivity index (χ2v) is 6.15. The zero-order chi connectivity index (χ0) is 15.7. The molecule has 2 aromatic rings. The number of aliphatic imine (C=N–C) groups is 1. The monoisotopic (exact) mass is 316 g/mol. The number of hydrogen-bond acceptors (Lipinski definition) is 4. The smallest absolute Gasteiger partial charge is 0.195 e. The van der Waals surface area contributed by atoms with Crippen LogP contribution >= 0.6 is 11.9 Å². The summed E-state index contributed by atoms with van der Waals surface area (Å²) in [5.41, 5.74) is 2.93. The number of fused-ring (bicyclic) bond motifs is 1. The maximum atomic E-state index is 13.2. The molecule has 0 saturated heterocycles. The van der Waals surface area contributed by atoms with Gasteiger partial charge in [-0.15, -0.1) is 0 Å². The average molecular weight is 316 g/mol. The molecule has 0 aromatic heterocycles. The lowest BCUT2D eigenvalue weighted by molar-refractivity contribution is 0.115. The Morgan fingerprint density at radius 2 is 1.86 bits per heavy atom. The van der Waals surface area contributed by atoms with Gasteiger partial charge in [-0.3, -0.25) is 0 Å². The standard InChI is InChI=1S/C17H17FN2OS/c1-17(2)19-16(11-4-6-12(18)7-5-11)14-9-8-13(20-22-3)10-15(14)21-17/h4-10,20H,1-3H3. The Morgan fingerprint density at radius 1 is 1.14 bits per heavy atom. The quantitative estimate of drug-likeness (QED) is 0.848. The molecule has 1 N–H and O–H groups in total. The third-order valence-corrected chi connectivity index (χ3v) is 3.75. The Hall–Kier alpha value is -2.01. The van der Waals surface area contributed by atoms with Gasteiger partial charge in [0.25, 0.3) is 0 Å². The molecule has 0 saturated carbocycles. The molecule has 0 unspecified atom stereocenters. The molecule has 1 aliphatic rings. The lowest BCUT2D eigenvalue weighted by Gasteiger charge is -2.30. The number of rotatable bonds is 3. The predicted octanol–water partition coefficient (Wildman–Crippen LogP) is 4.48. The Bertz CT molecular complexity index is 726. The van der Waals surface area contributed by atoms with E-state index in [0.717, 1.165) is 28.3 Å². The summed E-state index contributed by atoms with van der Waals surface area (Å²) in [6.45, 7) is 3.82. The van der Waals surface area contributed by atoms with E-state index in [9.17, 15) is 4.39 Å². The van der Waals surface area contributed by atoms with Crippen molar-refractivity contribution in [3.8, 4) is 5.75 Å². The summed E-state index contributed by atoms with van der Waals surface area (Å²) in [4.78, 5) is 4.68. The molecule has 3 rings (SSSR count). The molecule has 0 amide bonds. The third-order valence-electron chi connectivity index (χ3n) is 3.32. The van der Waals surface area contributed by atoms with Crippen LogP contribution in [-0.4, -0.2) is 17.7 Å². The van der Waals surface area contributed by atoms with Gasteiger partial charge in [0.05, 0.1) is 5.71 Å². The van der Waals surface area contributed by atoms with Gasteiger partial charge in [0.1, 0.15) is 11.6 Å². The maximum Gasteiger partial charge on any atom is 0.195 e. The van der Waals surface area contributed by atoms with Crippen molar-refractivity contribution < 1.29 is 9.13 Å². The summed E-state index contributed by atoms with van der Waals surface area (Å²) in [5.74, 6) is 0.522. The molecule has 0 atom stereocenters. The van der Waals surface area contributed by atoms with E-state index in [-0.39, 0.29) is 5.82 Å². The van der Waals surface area contributed by atoms with Crippen molar-refractivity contribution in [2.45, 2.75) is 19.6 Å². The van der Waals surface area contributed by atoms with E-state index in [1.165, 1.54) is 24.1 Å². The van der Waals surface area contributed by atoms with Crippen LogP contribution in [-0.2, 0) is 0 Å². The Kier molecular flexibility index (Phi) is 3.83. The molecule has 1 aliphatic heterocycles. The fourth-order valence-corrected chi connectivity index (χ4v) is 2.80. The van der Waals surface area contributed by atoms with E-state index in [2.05, 4.69) is 9.71 Å². The topological polar surface area (TPSA) is 33.6 Å². The van der Waals surface area contributed by atoms with Crippen LogP contribution in [0.5, 0.6) is 5.75 Å². The summed E-state index contributed by atoms with van der Waals surface area (Å²) in [6.07, 6.45) is 1.97. The lowest BCUT2D eigenvalue weighted by Crippen LogP contribution is -2.32. The fraction of sp³-hybridized carbons (Fsp3) is 0.235. The molecular formula is C17H17FN2OS. The molecule has 3 nitrogen and oxygen atoms in total. The highest BCUT2D eigenvalue weighted by Crippen LogP contribution is 2.35. The van der Waals surface area contributed by atoms with Crippen LogP contribution in [0.3, 0.4) is 0 Å². The van der Waals surface area contributed by atoms with E-state index in [1.807, 2.05) is 38.3 Å². The van der Waals surface area contributed by atoms with E-state index >= 15 is 0 Å². The van der Waals surface area contributed by atoms with Gasteiger partial charge in [0.15, 0.2) is 5.72 Å². The maximum absolute atomic E-state index is 13.2. The lowest BCUT2D eigenvalue weighted by atomic mass is 9.98. The van der Waals surface area contributed by atoms with Crippen molar-refractivity contribution >= 4 is 23.3 Å². The van der Waals surface area contributed by atoms with Crippen LogP contribution in [0.1, 0.15) is 25.0 Å². The van der Waals surface area contributed by atoms with E-state index in [0.29, 0.717) is 0 Å². The number of anilines is 1. The molecule has 0 bridgehead atoms. The molecule has 0 fully saturated rings. The van der Waals surface area contributed by atoms with Crippen molar-refractivity contribution in [2.24, 2.45) is 4.99 Å². The van der Waals surface area contributed by atoms with E-state index in [1.54, 1.807) is 12.1 Å². The number of nitrogens with one attached hydrogen (secondary N) is 1. The molecule has 22 heavy (non-hydrogen) atoms. The van der Waals surface area contributed by atoms with Crippen LogP contribution in [0, 0.1) is 5.82 Å². The summed E-state index contributed by atoms with van der Waals surface area (Å²) >= 11 is 1.53. The first kappa shape index (κ1) is 14.9. The van der Waals surface area contributed by atoms with Crippen LogP contribution in [0.15, 0.2) is 47.5 Å². The minimum atomic E-state index is -0.658. The second kappa shape index (κ2) is 5.65. The van der Waals surface area contributed by atoms with Crippen LogP contribution in [0.25, 0.3) is 0 Å². The minimum Gasteiger partial charge on any atom is -0.466 e. The minimum absolute atomic E-state index is 0.254. The van der Waals surface area contributed by atoms with Gasteiger partial charge in [-0.2, -0.15) is 0 Å².